The van der Waals surface area contributed by atoms with E-state index in [9.17, 15) is 4.79 Å². The average molecular weight is 498 g/mol. The van der Waals surface area contributed by atoms with Crippen LogP contribution in [0.15, 0.2) is 88.3 Å². The second-order valence-electron chi connectivity index (χ2n) is 8.32. The lowest BCUT2D eigenvalue weighted by Crippen LogP contribution is -2.25. The van der Waals surface area contributed by atoms with Gasteiger partial charge in [0.25, 0.3) is 5.91 Å². The van der Waals surface area contributed by atoms with Crippen LogP contribution in [0.1, 0.15) is 18.1 Å². The molecule has 0 bridgehead atoms. The molecule has 0 atom stereocenters. The molecule has 5 rings (SSSR count). The highest BCUT2D eigenvalue weighted by Crippen LogP contribution is 2.33. The number of nitrogens with one attached hydrogen (secondary N) is 1. The van der Waals surface area contributed by atoms with Gasteiger partial charge in [-0.1, -0.05) is 42.5 Å². The Labute approximate surface area is 214 Å². The molecule has 1 aliphatic heterocycles. The van der Waals surface area contributed by atoms with Gasteiger partial charge in [-0.05, 0) is 48.4 Å². The van der Waals surface area contributed by atoms with Gasteiger partial charge in [-0.3, -0.25) is 9.79 Å². The summed E-state index contributed by atoms with van der Waals surface area (Å²) < 4.78 is 7.31. The molecular formula is C28H27N5O2S. The summed E-state index contributed by atoms with van der Waals surface area (Å²) in [5, 5.41) is 9.63. The largest absolute Gasteiger partial charge is 0.482 e. The van der Waals surface area contributed by atoms with Crippen molar-refractivity contribution >= 4 is 34.8 Å². The first-order valence-corrected chi connectivity index (χ1v) is 12.7. The molecule has 1 aromatic heterocycles. The number of aromatic nitrogens is 1. The van der Waals surface area contributed by atoms with E-state index in [1.165, 1.54) is 22.6 Å². The van der Waals surface area contributed by atoms with E-state index in [2.05, 4.69) is 70.7 Å². The molecular weight excluding hydrogens is 470 g/mol. The molecule has 0 fully saturated rings. The Balaban J connectivity index is 1.38. The van der Waals surface area contributed by atoms with Crippen LogP contribution >= 0.6 is 11.3 Å². The Bertz CT molecular complexity index is 1460. The number of rotatable bonds is 7. The molecule has 1 N–H and O–H groups in total. The molecule has 1 amide bonds. The molecule has 8 heteroatoms. The number of fused-ring (bicyclic) bond motifs is 1. The Kier molecular flexibility index (Phi) is 6.95. The molecule has 0 aliphatic carbocycles. The summed E-state index contributed by atoms with van der Waals surface area (Å²) in [6, 6.07) is 24.6. The van der Waals surface area contributed by atoms with E-state index in [0.717, 1.165) is 34.7 Å². The van der Waals surface area contributed by atoms with E-state index in [-0.39, 0.29) is 12.5 Å². The lowest BCUT2D eigenvalue weighted by molar-refractivity contribution is -0.118. The van der Waals surface area contributed by atoms with E-state index in [1.807, 2.05) is 40.5 Å². The second kappa shape index (κ2) is 10.6. The zero-order valence-electron chi connectivity index (χ0n) is 20.2. The second-order valence-corrected chi connectivity index (χ2v) is 9.16. The molecule has 36 heavy (non-hydrogen) atoms. The minimum absolute atomic E-state index is 0.0367. The van der Waals surface area contributed by atoms with Crippen molar-refractivity contribution in [3.63, 3.8) is 0 Å². The van der Waals surface area contributed by atoms with Crippen LogP contribution in [0.4, 0.5) is 11.4 Å². The fourth-order valence-corrected chi connectivity index (χ4v) is 4.89. The molecule has 4 aromatic rings. The first-order chi connectivity index (χ1) is 17.6. The predicted octanol–water partition coefficient (Wildman–Crippen LogP) is 4.99. The van der Waals surface area contributed by atoms with Gasteiger partial charge >= 0.3 is 0 Å². The van der Waals surface area contributed by atoms with Gasteiger partial charge in [-0.2, -0.15) is 5.10 Å². The van der Waals surface area contributed by atoms with Gasteiger partial charge < -0.3 is 15.0 Å². The van der Waals surface area contributed by atoms with Crippen molar-refractivity contribution in [1.29, 1.82) is 0 Å². The third kappa shape index (κ3) is 5.08. The smallest absolute Gasteiger partial charge is 0.262 e. The summed E-state index contributed by atoms with van der Waals surface area (Å²) in [5.74, 6) is 0.506. The zero-order valence-corrected chi connectivity index (χ0v) is 21.0. The quantitative estimate of drug-likeness (QED) is 0.366. The average Bonchev–Trinajstić information content (AvgIpc) is 3.34. The molecule has 3 aromatic carbocycles. The maximum Gasteiger partial charge on any atom is 0.262 e. The number of nitrogens with zero attached hydrogens (tertiary/aromatic N) is 4. The van der Waals surface area contributed by atoms with Gasteiger partial charge in [0.2, 0.25) is 4.80 Å². The number of hydrogen-bond acceptors (Lipinski definition) is 6. The summed E-state index contributed by atoms with van der Waals surface area (Å²) in [6.45, 7) is 3.99. The van der Waals surface area contributed by atoms with Crippen LogP contribution in [-0.4, -0.2) is 37.0 Å². The lowest BCUT2D eigenvalue weighted by atomic mass is 10.1. The maximum atomic E-state index is 11.7. The number of carbonyl (C=O) groups excluding carboxylic acids is 1. The molecule has 0 unspecified atom stereocenters. The topological polar surface area (TPSA) is 71.2 Å². The number of amides is 1. The molecule has 1 aliphatic rings. The van der Waals surface area contributed by atoms with Gasteiger partial charge in [0.05, 0.1) is 17.6 Å². The van der Waals surface area contributed by atoms with Crippen molar-refractivity contribution in [2.45, 2.75) is 13.5 Å². The third-order valence-corrected chi connectivity index (χ3v) is 6.87. The highest BCUT2D eigenvalue weighted by molar-refractivity contribution is 7.07. The van der Waals surface area contributed by atoms with E-state index in [4.69, 9.17) is 9.84 Å². The van der Waals surface area contributed by atoms with Crippen molar-refractivity contribution < 1.29 is 9.53 Å². The van der Waals surface area contributed by atoms with E-state index < -0.39 is 0 Å². The molecule has 7 nitrogen and oxygen atoms in total. The van der Waals surface area contributed by atoms with Crippen LogP contribution < -0.4 is 19.8 Å². The van der Waals surface area contributed by atoms with Crippen LogP contribution in [0.25, 0.3) is 11.3 Å². The normalized spacial score (nSPS) is 13.4. The standard InChI is InChI=1S/C28H27N5O2S/c1-3-32(17-21-7-5-4-6-8-21)23-12-9-20(10-13-23)16-30-33-25(19-36-28(33)29-2)22-11-14-26-24(15-22)31-27(34)18-35-26/h4-16,19H,3,17-18H2,1-2H3,(H,31,34). The van der Waals surface area contributed by atoms with Crippen molar-refractivity contribution in [3.05, 3.63) is 94.1 Å². The molecule has 0 spiro atoms. The van der Waals surface area contributed by atoms with Crippen LogP contribution in [0.5, 0.6) is 5.75 Å². The summed E-state index contributed by atoms with van der Waals surface area (Å²) in [6.07, 6.45) is 1.84. The number of carbonyl (C=O) groups is 1. The summed E-state index contributed by atoms with van der Waals surface area (Å²) in [5.41, 5.74) is 5.91. The molecule has 182 valence electrons. The van der Waals surface area contributed by atoms with Crippen molar-refractivity contribution in [1.82, 2.24) is 4.68 Å². The van der Waals surface area contributed by atoms with Gasteiger partial charge in [0.15, 0.2) is 6.61 Å². The number of benzene rings is 3. The Morgan fingerprint density at radius 2 is 1.92 bits per heavy atom. The van der Waals surface area contributed by atoms with Gasteiger partial charge in [0, 0.05) is 36.8 Å². The van der Waals surface area contributed by atoms with E-state index >= 15 is 0 Å². The number of anilines is 2. The monoisotopic (exact) mass is 497 g/mol. The van der Waals surface area contributed by atoms with E-state index in [0.29, 0.717) is 11.4 Å². The summed E-state index contributed by atoms with van der Waals surface area (Å²) in [7, 11) is 1.75. The first-order valence-electron chi connectivity index (χ1n) is 11.8. The van der Waals surface area contributed by atoms with E-state index in [1.54, 1.807) is 7.05 Å². The minimum atomic E-state index is -0.158. The van der Waals surface area contributed by atoms with Gasteiger partial charge in [0.1, 0.15) is 5.75 Å². The zero-order chi connectivity index (χ0) is 24.9. The molecule has 2 heterocycles. The first kappa shape index (κ1) is 23.6. The SMILES string of the molecule is CCN(Cc1ccccc1)c1ccc(C=Nn2c(-c3ccc4c(c3)NC(=O)CO4)csc2=NC)cc1. The number of thiazole rings is 1. The van der Waals surface area contributed by atoms with Crippen LogP contribution in [-0.2, 0) is 11.3 Å². The highest BCUT2D eigenvalue weighted by atomic mass is 32.1. The molecule has 0 saturated heterocycles. The third-order valence-electron chi connectivity index (χ3n) is 5.96. The van der Waals surface area contributed by atoms with Crippen LogP contribution in [0, 0.1) is 0 Å². The predicted molar refractivity (Wildman–Crippen MR) is 146 cm³/mol. The summed E-state index contributed by atoms with van der Waals surface area (Å²) in [4.78, 5) is 19.2. The minimum Gasteiger partial charge on any atom is -0.482 e. The number of hydrogen-bond donors (Lipinski definition) is 1. The fraction of sp³-hybridized carbons (Fsp3) is 0.179. The van der Waals surface area contributed by atoms with Crippen molar-refractivity contribution in [3.8, 4) is 17.0 Å². The molecule has 0 radical (unpaired) electrons. The number of ether oxygens (including phenoxy) is 1. The lowest BCUT2D eigenvalue weighted by Gasteiger charge is -2.23. The van der Waals surface area contributed by atoms with Crippen LogP contribution in [0.3, 0.4) is 0 Å². The Morgan fingerprint density at radius 1 is 1.11 bits per heavy atom. The fourth-order valence-electron chi connectivity index (χ4n) is 4.09. The highest BCUT2D eigenvalue weighted by Gasteiger charge is 2.17. The Morgan fingerprint density at radius 3 is 2.67 bits per heavy atom. The van der Waals surface area contributed by atoms with Crippen molar-refractivity contribution in [2.24, 2.45) is 10.1 Å². The van der Waals surface area contributed by atoms with Gasteiger partial charge in [-0.15, -0.1) is 11.3 Å². The summed E-state index contributed by atoms with van der Waals surface area (Å²) >= 11 is 1.51. The Hall–Kier alpha value is -4.17. The molecule has 0 saturated carbocycles. The van der Waals surface area contributed by atoms with Gasteiger partial charge in [-0.25, -0.2) is 4.68 Å². The van der Waals surface area contributed by atoms with Crippen LogP contribution in [0.2, 0.25) is 0 Å². The maximum absolute atomic E-state index is 11.7. The van der Waals surface area contributed by atoms with Crippen molar-refractivity contribution in [2.75, 3.05) is 30.4 Å².